The minimum Gasteiger partial charge on any atom is -0.296 e. The highest BCUT2D eigenvalue weighted by Crippen LogP contribution is 2.11. The van der Waals surface area contributed by atoms with Crippen LogP contribution in [0.2, 0.25) is 0 Å². The Labute approximate surface area is 97.9 Å². The number of rotatable bonds is 2. The van der Waals surface area contributed by atoms with Crippen molar-refractivity contribution in [2.45, 2.75) is 4.90 Å². The normalized spacial score (nSPS) is 8.18. The van der Waals surface area contributed by atoms with E-state index in [-0.39, 0.29) is 35.2 Å². The van der Waals surface area contributed by atoms with Crippen LogP contribution in [0.3, 0.4) is 0 Å². The second-order valence-corrected chi connectivity index (χ2v) is 5.63. The van der Waals surface area contributed by atoms with Crippen molar-refractivity contribution in [2.24, 2.45) is 0 Å². The van der Waals surface area contributed by atoms with E-state index in [0.717, 1.165) is 0 Å². The highest BCUT2D eigenvalue weighted by molar-refractivity contribution is 9.23. The molecule has 0 nitrogen and oxygen atoms in total. The largest absolute Gasteiger partial charge is 0.506 e. The quantitative estimate of drug-likeness (QED) is 0.598. The number of hydrogen-bond donors (Lipinski definition) is 0. The molecule has 0 aromatic heterocycles. The Balaban J connectivity index is 0.000001000. The van der Waals surface area contributed by atoms with Gasteiger partial charge in [0.25, 0.3) is 0 Å². The summed E-state index contributed by atoms with van der Waals surface area (Å²) in [7, 11) is 0. The molecule has 1 aromatic rings. The van der Waals surface area contributed by atoms with Crippen LogP contribution in [0.4, 0.5) is 0 Å². The van der Waals surface area contributed by atoms with E-state index in [1.165, 1.54) is 8.59 Å². The van der Waals surface area contributed by atoms with Gasteiger partial charge >= 0.3 is 18.2 Å². The fourth-order valence-electron chi connectivity index (χ4n) is 0.715. The molecule has 0 fully saturated rings. The van der Waals surface area contributed by atoms with E-state index in [4.69, 9.17) is 0 Å². The molecule has 0 N–H and O–H groups in total. The van der Waals surface area contributed by atoms with E-state index in [9.17, 15) is 0 Å². The van der Waals surface area contributed by atoms with Crippen molar-refractivity contribution in [3.63, 3.8) is 0 Å². The van der Waals surface area contributed by atoms with E-state index < -0.39 is 0 Å². The molecule has 0 unspecified atom stereocenters. The van der Waals surface area contributed by atoms with Crippen LogP contribution in [0.15, 0.2) is 29.2 Å². The van der Waals surface area contributed by atoms with Gasteiger partial charge < -0.3 is 0 Å². The summed E-state index contributed by atoms with van der Waals surface area (Å²) in [6.07, 6.45) is 2.10. The third kappa shape index (κ3) is 4.17. The molecule has 4 heteroatoms. The van der Waals surface area contributed by atoms with E-state index >= 15 is 0 Å². The lowest BCUT2D eigenvalue weighted by atomic mass is 10.4. The smallest absolute Gasteiger partial charge is 0.296 e. The molecule has 0 heterocycles. The molecule has 11 heavy (non-hydrogen) atoms. The third-order valence-electron chi connectivity index (χ3n) is 1.31. The maximum absolute atomic E-state index is 3.54. The van der Waals surface area contributed by atoms with Crippen molar-refractivity contribution in [2.75, 3.05) is 6.26 Å². The van der Waals surface area contributed by atoms with Gasteiger partial charge in [0.05, 0.1) is 0 Å². The fourth-order valence-corrected chi connectivity index (χ4v) is 2.66. The van der Waals surface area contributed by atoms with Gasteiger partial charge in [0, 0.05) is 4.90 Å². The van der Waals surface area contributed by atoms with Gasteiger partial charge in [-0.1, -0.05) is 24.3 Å². The molecule has 0 saturated heterocycles. The van der Waals surface area contributed by atoms with Crippen LogP contribution in [-0.2, 0) is 0 Å². The van der Waals surface area contributed by atoms with Crippen LogP contribution in [0.5, 0.6) is 0 Å². The van der Waals surface area contributed by atoms with Crippen LogP contribution in [0, 0.1) is 0 Å². The Morgan fingerprint density at radius 1 is 1.27 bits per heavy atom. The average Bonchev–Trinajstić information content (AvgIpc) is 2.05. The summed E-state index contributed by atoms with van der Waals surface area (Å²) in [6, 6.07) is 8.75. The van der Waals surface area contributed by atoms with Crippen LogP contribution in [-0.4, -0.2) is 24.4 Å². The molecule has 0 radical (unpaired) electrons. The summed E-state index contributed by atoms with van der Waals surface area (Å²) in [6.45, 7) is 0. The van der Waals surface area contributed by atoms with Gasteiger partial charge in [-0.2, -0.15) is 3.69 Å². The molecule has 1 aromatic carbocycles. The number of hydrogen-bond acceptors (Lipinski definition) is 1. The Bertz CT molecular complexity index is 177. The van der Waals surface area contributed by atoms with Gasteiger partial charge in [-0.05, 0) is 6.26 Å². The van der Waals surface area contributed by atoms with Crippen molar-refractivity contribution in [1.82, 2.24) is 0 Å². The molecule has 0 aliphatic heterocycles. The van der Waals surface area contributed by atoms with E-state index in [0.29, 0.717) is 0 Å². The van der Waals surface area contributed by atoms with Crippen molar-refractivity contribution in [1.29, 1.82) is 0 Å². The molecule has 0 amide bonds. The SMILES string of the molecule is Br.CSc1cc[c]([Mg][Br])cc1. The topological polar surface area (TPSA) is 0 Å². The van der Waals surface area contributed by atoms with E-state index in [1.54, 1.807) is 11.8 Å². The van der Waals surface area contributed by atoms with Gasteiger partial charge in [0.2, 0.25) is 0 Å². The second kappa shape index (κ2) is 6.77. The lowest BCUT2D eigenvalue weighted by molar-refractivity contribution is 1.49. The first-order valence-corrected chi connectivity index (χ1v) is 8.89. The van der Waals surface area contributed by atoms with Crippen LogP contribution >= 0.6 is 41.6 Å². The predicted octanol–water partition coefficient (Wildman–Crippen LogP) is 2.63. The zero-order valence-corrected chi connectivity index (χ0v) is 11.7. The number of halogens is 2. The van der Waals surface area contributed by atoms with E-state index in [2.05, 4.69) is 43.4 Å². The predicted molar refractivity (Wildman–Crippen MR) is 62.9 cm³/mol. The molecule has 0 spiro atoms. The monoisotopic (exact) mass is 306 g/mol. The summed E-state index contributed by atoms with van der Waals surface area (Å²) in [5.41, 5.74) is 0. The summed E-state index contributed by atoms with van der Waals surface area (Å²) < 4.78 is 1.47. The van der Waals surface area contributed by atoms with Crippen molar-refractivity contribution < 1.29 is 0 Å². The minimum atomic E-state index is -0.129. The van der Waals surface area contributed by atoms with Crippen LogP contribution < -0.4 is 3.69 Å². The Kier molecular flexibility index (Phi) is 7.57. The second-order valence-electron chi connectivity index (χ2n) is 1.98. The molecular formula is C7H8Br2MgS. The van der Waals surface area contributed by atoms with Gasteiger partial charge in [0.15, 0.2) is 0 Å². The van der Waals surface area contributed by atoms with Crippen LogP contribution in [0.1, 0.15) is 0 Å². The van der Waals surface area contributed by atoms with Gasteiger partial charge in [-0.25, -0.2) is 0 Å². The molecule has 1 rings (SSSR count). The highest BCUT2D eigenvalue weighted by Gasteiger charge is 1.93. The Hall–Kier alpha value is 1.30. The van der Waals surface area contributed by atoms with Crippen molar-refractivity contribution in [3.8, 4) is 0 Å². The summed E-state index contributed by atoms with van der Waals surface area (Å²) >= 11 is 5.20. The molecule has 0 bridgehead atoms. The lowest BCUT2D eigenvalue weighted by Crippen LogP contribution is -2.05. The Morgan fingerprint density at radius 2 is 1.82 bits per heavy atom. The van der Waals surface area contributed by atoms with Gasteiger partial charge in [-0.3, -0.25) is 12.9 Å². The van der Waals surface area contributed by atoms with E-state index in [1.807, 2.05) is 0 Å². The summed E-state index contributed by atoms with van der Waals surface area (Å²) in [4.78, 5) is 1.35. The highest BCUT2D eigenvalue weighted by atomic mass is 79.9. The maximum Gasteiger partial charge on any atom is 0.506 e. The first-order chi connectivity index (χ1) is 4.86. The molecule has 58 valence electrons. The van der Waals surface area contributed by atoms with Crippen LogP contribution in [0.25, 0.3) is 0 Å². The lowest BCUT2D eigenvalue weighted by Gasteiger charge is -1.96. The summed E-state index contributed by atoms with van der Waals surface area (Å²) in [5.74, 6) is 0. The zero-order valence-electron chi connectivity index (χ0n) is 6.21. The first-order valence-electron chi connectivity index (χ1n) is 3.05. The Morgan fingerprint density at radius 3 is 2.18 bits per heavy atom. The van der Waals surface area contributed by atoms with Crippen molar-refractivity contribution >= 4 is 63.5 Å². The molecule has 0 saturated carbocycles. The van der Waals surface area contributed by atoms with Crippen molar-refractivity contribution in [3.05, 3.63) is 24.3 Å². The zero-order chi connectivity index (χ0) is 7.40. The third-order valence-corrected chi connectivity index (χ3v) is 4.78. The van der Waals surface area contributed by atoms with Gasteiger partial charge in [0.1, 0.15) is 0 Å². The molecule has 0 aliphatic carbocycles. The number of thioether (sulfide) groups is 1. The first kappa shape index (κ1) is 12.3. The van der Waals surface area contributed by atoms with Gasteiger partial charge in [-0.15, -0.1) is 28.7 Å². The summed E-state index contributed by atoms with van der Waals surface area (Å²) in [5, 5.41) is 0. The molecule has 0 atom stereocenters. The molecular weight excluding hydrogens is 300 g/mol. The maximum atomic E-state index is 3.54. The molecule has 0 aliphatic rings. The fraction of sp³-hybridized carbons (Fsp3) is 0.143. The number of benzene rings is 1. The average molecular weight is 308 g/mol. The minimum absolute atomic E-state index is 0. The standard InChI is InChI=1S/C7H7S.2BrH.Mg/c1-8-7-5-3-2-4-6-7;;;/h3-6H,1H3;2*1H;/q;;;+1/p-1.